The average Bonchev–Trinajstić information content (AvgIpc) is 2.42. The summed E-state index contributed by atoms with van der Waals surface area (Å²) in [5.74, 6) is 0. The molecular weight excluding hydrogens is 264 g/mol. The maximum Gasteiger partial charge on any atom is 0.232 e. The number of aryl methyl sites for hydroxylation is 1. The first kappa shape index (κ1) is 15.8. The fourth-order valence-corrected chi connectivity index (χ4v) is 2.22. The number of nitrogens with zero attached hydrogens (tertiary/aromatic N) is 1. The van der Waals surface area contributed by atoms with Gasteiger partial charge in [0, 0.05) is 18.8 Å². The summed E-state index contributed by atoms with van der Waals surface area (Å²) < 4.78 is 21.7. The van der Waals surface area contributed by atoms with Crippen LogP contribution in [0.4, 0.5) is 5.69 Å². The van der Waals surface area contributed by atoms with E-state index >= 15 is 0 Å². The second-order valence-electron chi connectivity index (χ2n) is 4.19. The number of hydrogen-bond acceptors (Lipinski definition) is 2. The lowest BCUT2D eigenvalue weighted by Gasteiger charge is -2.20. The van der Waals surface area contributed by atoms with E-state index in [0.29, 0.717) is 13.1 Å². The highest BCUT2D eigenvalue weighted by Gasteiger charge is 2.09. The molecule has 0 saturated heterocycles. The molecule has 0 heterocycles. The molecule has 0 aliphatic carbocycles. The van der Waals surface area contributed by atoms with Gasteiger partial charge in [-0.2, -0.15) is 0 Å². The predicted molar refractivity (Wildman–Crippen MR) is 77.1 cm³/mol. The highest BCUT2D eigenvalue weighted by molar-refractivity contribution is 7.77. The van der Waals surface area contributed by atoms with Crippen LogP contribution in [0.3, 0.4) is 0 Å². The maximum atomic E-state index is 11.1. The Bertz CT molecular complexity index is 452. The minimum absolute atomic E-state index is 0.325. The van der Waals surface area contributed by atoms with Crippen LogP contribution in [0.1, 0.15) is 31.4 Å². The number of carbonyl (C=O) groups excluding carboxylic acids is 1. The van der Waals surface area contributed by atoms with Crippen molar-refractivity contribution in [2.24, 2.45) is 0 Å². The van der Waals surface area contributed by atoms with Crippen molar-refractivity contribution in [2.75, 3.05) is 11.4 Å². The molecule has 1 unspecified atom stereocenters. The summed E-state index contributed by atoms with van der Waals surface area (Å²) in [5.41, 5.74) is 2.89. The number of benzene rings is 1. The summed E-state index contributed by atoms with van der Waals surface area (Å²) in [6, 6.07) is 5.71. The number of hydrogen-bond donors (Lipinski definition) is 2. The van der Waals surface area contributed by atoms with E-state index in [0.717, 1.165) is 36.1 Å². The van der Waals surface area contributed by atoms with E-state index < -0.39 is 11.3 Å². The summed E-state index contributed by atoms with van der Waals surface area (Å²) in [5, 5.41) is 0. The Morgan fingerprint density at radius 2 is 2.16 bits per heavy atom. The van der Waals surface area contributed by atoms with Crippen molar-refractivity contribution >= 4 is 23.4 Å². The third-order valence-electron chi connectivity index (χ3n) is 2.83. The van der Waals surface area contributed by atoms with Crippen molar-refractivity contribution in [3.05, 3.63) is 29.3 Å². The number of anilines is 1. The van der Waals surface area contributed by atoms with Crippen LogP contribution in [0.25, 0.3) is 0 Å². The second-order valence-corrected chi connectivity index (χ2v) is 4.97. The van der Waals surface area contributed by atoms with Gasteiger partial charge in [0.25, 0.3) is 0 Å². The zero-order valence-corrected chi connectivity index (χ0v) is 12.1. The Labute approximate surface area is 116 Å². The van der Waals surface area contributed by atoms with Crippen molar-refractivity contribution < 1.29 is 13.6 Å². The smallest absolute Gasteiger partial charge is 0.232 e. The molecule has 0 spiro atoms. The molecule has 0 aliphatic heterocycles. The molecule has 1 aromatic rings. The van der Waals surface area contributed by atoms with E-state index in [9.17, 15) is 9.00 Å². The molecule has 0 aromatic heterocycles. The van der Waals surface area contributed by atoms with Gasteiger partial charge in [0.15, 0.2) is 0 Å². The van der Waals surface area contributed by atoms with Gasteiger partial charge in [-0.15, -0.1) is 0 Å². The van der Waals surface area contributed by atoms with E-state index in [4.69, 9.17) is 4.55 Å². The molecule has 1 rings (SSSR count). The van der Waals surface area contributed by atoms with Crippen molar-refractivity contribution in [2.45, 2.75) is 33.2 Å². The van der Waals surface area contributed by atoms with Gasteiger partial charge in [-0.05, 0) is 30.0 Å². The monoisotopic (exact) mass is 284 g/mol. The molecule has 0 bridgehead atoms. The molecule has 1 aromatic carbocycles. The van der Waals surface area contributed by atoms with Gasteiger partial charge >= 0.3 is 0 Å². The maximum absolute atomic E-state index is 11.1. The van der Waals surface area contributed by atoms with Crippen LogP contribution in [0, 0.1) is 0 Å². The second kappa shape index (κ2) is 8.04. The Kier molecular flexibility index (Phi) is 6.69. The number of nitrogens with one attached hydrogen (secondary N) is 1. The highest BCUT2D eigenvalue weighted by Crippen LogP contribution is 2.22. The third-order valence-corrected chi connectivity index (χ3v) is 3.22. The Balaban J connectivity index is 2.94. The lowest BCUT2D eigenvalue weighted by Crippen LogP contribution is -2.23. The lowest BCUT2D eigenvalue weighted by atomic mass is 10.1. The SMILES string of the molecule is CCCN(C=O)c1ccc(CNS(=O)O)cc1CC. The van der Waals surface area contributed by atoms with Gasteiger partial charge in [0.1, 0.15) is 0 Å². The molecule has 5 nitrogen and oxygen atoms in total. The Hall–Kier alpha value is -1.24. The van der Waals surface area contributed by atoms with E-state index in [2.05, 4.69) is 4.72 Å². The van der Waals surface area contributed by atoms with Crippen LogP contribution in [-0.4, -0.2) is 21.7 Å². The van der Waals surface area contributed by atoms with Gasteiger partial charge in [-0.3, -0.25) is 9.35 Å². The Morgan fingerprint density at radius 3 is 2.68 bits per heavy atom. The lowest BCUT2D eigenvalue weighted by molar-refractivity contribution is -0.107. The third kappa shape index (κ3) is 4.74. The Morgan fingerprint density at radius 1 is 1.42 bits per heavy atom. The van der Waals surface area contributed by atoms with Crippen LogP contribution in [-0.2, 0) is 29.0 Å². The summed E-state index contributed by atoms with van der Waals surface area (Å²) in [4.78, 5) is 12.8. The molecule has 0 aliphatic rings. The van der Waals surface area contributed by atoms with E-state index in [1.54, 1.807) is 4.90 Å². The largest absolute Gasteiger partial charge is 0.315 e. The molecular formula is C13H20N2O3S. The van der Waals surface area contributed by atoms with Crippen LogP contribution in [0.15, 0.2) is 18.2 Å². The summed E-state index contributed by atoms with van der Waals surface area (Å²) >= 11 is -2.01. The average molecular weight is 284 g/mol. The summed E-state index contributed by atoms with van der Waals surface area (Å²) in [6.45, 7) is 5.06. The van der Waals surface area contributed by atoms with Gasteiger partial charge in [0.2, 0.25) is 17.7 Å². The van der Waals surface area contributed by atoms with Gasteiger partial charge in [0.05, 0.1) is 0 Å². The van der Waals surface area contributed by atoms with E-state index in [1.165, 1.54) is 0 Å². The quantitative estimate of drug-likeness (QED) is 0.565. The first-order valence-electron chi connectivity index (χ1n) is 6.30. The first-order valence-corrected chi connectivity index (χ1v) is 7.41. The molecule has 6 heteroatoms. The van der Waals surface area contributed by atoms with Gasteiger partial charge < -0.3 is 4.90 Å². The topological polar surface area (TPSA) is 69.6 Å². The van der Waals surface area contributed by atoms with Crippen molar-refractivity contribution in [1.82, 2.24) is 4.72 Å². The minimum Gasteiger partial charge on any atom is -0.315 e. The summed E-state index contributed by atoms with van der Waals surface area (Å²) in [6.07, 6.45) is 2.55. The molecule has 2 N–H and O–H groups in total. The fraction of sp³-hybridized carbons (Fsp3) is 0.462. The van der Waals surface area contributed by atoms with E-state index in [-0.39, 0.29) is 0 Å². The molecule has 0 radical (unpaired) electrons. The zero-order chi connectivity index (χ0) is 14.3. The zero-order valence-electron chi connectivity index (χ0n) is 11.3. The first-order chi connectivity index (χ1) is 9.12. The fourth-order valence-electron chi connectivity index (χ4n) is 1.93. The van der Waals surface area contributed by atoms with Crippen molar-refractivity contribution in [3.8, 4) is 0 Å². The van der Waals surface area contributed by atoms with Crippen LogP contribution >= 0.6 is 0 Å². The molecule has 1 atom stereocenters. The molecule has 0 fully saturated rings. The standard InChI is InChI=1S/C13H20N2O3S/c1-3-7-15(10-16)13-6-5-11(8-12(13)4-2)9-14-19(17)18/h5-6,8,10,14H,3-4,7,9H2,1-2H3,(H,17,18). The summed E-state index contributed by atoms with van der Waals surface area (Å²) in [7, 11) is 0. The number of amides is 1. The van der Waals surface area contributed by atoms with Crippen molar-refractivity contribution in [3.63, 3.8) is 0 Å². The molecule has 0 saturated carbocycles. The predicted octanol–water partition coefficient (Wildman–Crippen LogP) is 1.85. The van der Waals surface area contributed by atoms with Crippen molar-refractivity contribution in [1.29, 1.82) is 0 Å². The minimum atomic E-state index is -2.01. The van der Waals surface area contributed by atoms with E-state index in [1.807, 2.05) is 32.0 Å². The molecule has 1 amide bonds. The van der Waals surface area contributed by atoms with Crippen LogP contribution in [0.5, 0.6) is 0 Å². The van der Waals surface area contributed by atoms with Crippen LogP contribution in [0.2, 0.25) is 0 Å². The van der Waals surface area contributed by atoms with Crippen LogP contribution < -0.4 is 9.62 Å². The normalized spacial score (nSPS) is 12.2. The molecule has 106 valence electrons. The van der Waals surface area contributed by atoms with Gasteiger partial charge in [-0.1, -0.05) is 26.0 Å². The highest BCUT2D eigenvalue weighted by atomic mass is 32.2. The molecule has 19 heavy (non-hydrogen) atoms. The van der Waals surface area contributed by atoms with Gasteiger partial charge in [-0.25, -0.2) is 8.93 Å². The number of carbonyl (C=O) groups is 1. The number of rotatable bonds is 8.